The first-order chi connectivity index (χ1) is 25.3. The average Bonchev–Trinajstić information content (AvgIpc) is 3.99. The molecule has 0 bridgehead atoms. The van der Waals surface area contributed by atoms with Gasteiger partial charge < -0.3 is 28.6 Å². The number of aromatic amines is 2. The van der Waals surface area contributed by atoms with Crippen molar-refractivity contribution in [3.05, 3.63) is 120 Å². The third-order valence-electron chi connectivity index (χ3n) is 9.13. The maximum absolute atomic E-state index is 13.7. The number of nitrogens with one attached hydrogen (secondary N) is 2. The molecule has 8 aromatic rings. The lowest BCUT2D eigenvalue weighted by Gasteiger charge is -2.16. The minimum absolute atomic E-state index is 0.186. The highest BCUT2D eigenvalue weighted by Gasteiger charge is 2.21. The molecule has 14 heteroatoms. The first-order valence-electron chi connectivity index (χ1n) is 16.4. The topological polar surface area (TPSA) is 146 Å². The van der Waals surface area contributed by atoms with Crippen molar-refractivity contribution in [2.24, 2.45) is 0 Å². The van der Waals surface area contributed by atoms with Crippen LogP contribution in [0.1, 0.15) is 22.5 Å². The van der Waals surface area contributed by atoms with Gasteiger partial charge in [-0.25, -0.2) is 9.97 Å². The van der Waals surface area contributed by atoms with Gasteiger partial charge in [-0.2, -0.15) is 0 Å². The van der Waals surface area contributed by atoms with E-state index in [4.69, 9.17) is 19.4 Å². The van der Waals surface area contributed by atoms with Gasteiger partial charge in [0.1, 0.15) is 11.5 Å². The monoisotopic (exact) mass is 730 g/mol. The van der Waals surface area contributed by atoms with E-state index < -0.39 is 21.6 Å². The number of benzene rings is 2. The highest BCUT2D eigenvalue weighted by atomic mass is 32.2. The molecule has 2 atom stereocenters. The molecule has 0 saturated carbocycles. The molecule has 8 rings (SSSR count). The maximum atomic E-state index is 13.7. The van der Waals surface area contributed by atoms with Crippen LogP contribution in [-0.2, 0) is 33.1 Å². The second-order valence-electron chi connectivity index (χ2n) is 12.2. The molecular formula is C38H34N8O4S2. The summed E-state index contributed by atoms with van der Waals surface area (Å²) >= 11 is 0. The summed E-state index contributed by atoms with van der Waals surface area (Å²) in [4.78, 5) is 25.1. The Balaban J connectivity index is 1.23. The molecule has 2 N–H and O–H groups in total. The molecule has 0 aliphatic rings. The minimum atomic E-state index is -1.50. The first-order valence-corrected chi connectivity index (χ1v) is 19.0. The number of hydrogen-bond donors (Lipinski definition) is 2. The molecule has 0 aliphatic heterocycles. The van der Waals surface area contributed by atoms with Crippen molar-refractivity contribution in [3.8, 4) is 34.0 Å². The van der Waals surface area contributed by atoms with Crippen LogP contribution in [0.5, 0.6) is 11.5 Å². The Labute approximate surface area is 303 Å². The molecule has 0 spiro atoms. The fraction of sp³-hybridized carbons (Fsp3) is 0.158. The fourth-order valence-corrected chi connectivity index (χ4v) is 8.55. The van der Waals surface area contributed by atoms with Gasteiger partial charge in [-0.3, -0.25) is 18.4 Å². The number of aromatic nitrogens is 8. The SMILES string of the molecule is COc1ccnc(CS(=O)c2nc3cc(-n4cccc4)c(-c4cc5[nH]c(S(=O)Cc6nccc(OC)c6C)nc5cc4-n4cccc4)cc3[nH]2)c1C. The zero-order chi connectivity index (χ0) is 35.9. The third-order valence-corrected chi connectivity index (χ3v) is 11.5. The van der Waals surface area contributed by atoms with E-state index in [0.717, 1.165) is 44.7 Å². The molecule has 6 heterocycles. The number of imidazole rings is 2. The molecule has 52 heavy (non-hydrogen) atoms. The van der Waals surface area contributed by atoms with Gasteiger partial charge in [0.2, 0.25) is 0 Å². The Hall–Kier alpha value is -5.86. The summed E-state index contributed by atoms with van der Waals surface area (Å²) in [5, 5.41) is 0.717. The number of ether oxygens (including phenoxy) is 2. The molecule has 0 aliphatic carbocycles. The number of hydrogen-bond acceptors (Lipinski definition) is 8. The van der Waals surface area contributed by atoms with E-state index in [9.17, 15) is 8.42 Å². The Morgan fingerprint density at radius 3 is 1.42 bits per heavy atom. The van der Waals surface area contributed by atoms with Crippen LogP contribution in [0.2, 0.25) is 0 Å². The minimum Gasteiger partial charge on any atom is -0.496 e. The van der Waals surface area contributed by atoms with Crippen molar-refractivity contribution >= 4 is 43.7 Å². The molecule has 0 radical (unpaired) electrons. The van der Waals surface area contributed by atoms with Gasteiger partial charge in [-0.1, -0.05) is 0 Å². The van der Waals surface area contributed by atoms with E-state index in [1.54, 1.807) is 38.7 Å². The zero-order valence-electron chi connectivity index (χ0n) is 28.8. The van der Waals surface area contributed by atoms with Crippen molar-refractivity contribution in [2.45, 2.75) is 35.7 Å². The lowest BCUT2D eigenvalue weighted by atomic mass is 9.99. The molecule has 6 aromatic heterocycles. The predicted molar refractivity (Wildman–Crippen MR) is 201 cm³/mol. The highest BCUT2D eigenvalue weighted by molar-refractivity contribution is 7.84. The van der Waals surface area contributed by atoms with E-state index in [0.29, 0.717) is 44.2 Å². The summed E-state index contributed by atoms with van der Waals surface area (Å²) in [6, 6.07) is 19.5. The summed E-state index contributed by atoms with van der Waals surface area (Å²) in [5.74, 6) is 1.77. The molecule has 0 fully saturated rings. The average molecular weight is 731 g/mol. The fourth-order valence-electron chi connectivity index (χ4n) is 6.35. The third kappa shape index (κ3) is 6.09. The summed E-state index contributed by atoms with van der Waals surface area (Å²) < 4.78 is 42.3. The van der Waals surface area contributed by atoms with Gasteiger partial charge in [0, 0.05) is 59.4 Å². The van der Waals surface area contributed by atoms with Crippen molar-refractivity contribution in [1.29, 1.82) is 0 Å². The zero-order valence-corrected chi connectivity index (χ0v) is 30.4. The Morgan fingerprint density at radius 2 is 1.04 bits per heavy atom. The van der Waals surface area contributed by atoms with E-state index in [2.05, 4.69) is 19.9 Å². The number of nitrogens with zero attached hydrogens (tertiary/aromatic N) is 6. The summed E-state index contributed by atoms with van der Waals surface area (Å²) in [5.41, 5.74) is 9.43. The predicted octanol–water partition coefficient (Wildman–Crippen LogP) is 6.73. The summed E-state index contributed by atoms with van der Waals surface area (Å²) in [7, 11) is 0.217. The van der Waals surface area contributed by atoms with Gasteiger partial charge in [0.15, 0.2) is 10.3 Å². The largest absolute Gasteiger partial charge is 0.496 e. The van der Waals surface area contributed by atoms with Crippen LogP contribution in [0.25, 0.3) is 44.6 Å². The van der Waals surface area contributed by atoms with Gasteiger partial charge in [-0.05, 0) is 74.5 Å². The molecule has 0 amide bonds. The molecule has 12 nitrogen and oxygen atoms in total. The van der Waals surface area contributed by atoms with Gasteiger partial charge >= 0.3 is 0 Å². The van der Waals surface area contributed by atoms with Gasteiger partial charge in [0.05, 0.1) is 92.2 Å². The highest BCUT2D eigenvalue weighted by Crippen LogP contribution is 2.37. The number of pyridine rings is 2. The first kappa shape index (κ1) is 33.3. The van der Waals surface area contributed by atoms with E-state index in [1.165, 1.54) is 0 Å². The quantitative estimate of drug-likeness (QED) is 0.149. The van der Waals surface area contributed by atoms with E-state index in [-0.39, 0.29) is 11.5 Å². The van der Waals surface area contributed by atoms with Crippen molar-refractivity contribution in [2.75, 3.05) is 14.2 Å². The number of rotatable bonds is 11. The Bertz CT molecular complexity index is 2450. The number of fused-ring (bicyclic) bond motifs is 2. The van der Waals surface area contributed by atoms with Crippen LogP contribution in [0.4, 0.5) is 0 Å². The van der Waals surface area contributed by atoms with Crippen LogP contribution < -0.4 is 9.47 Å². The molecular weight excluding hydrogens is 697 g/mol. The smallest absolute Gasteiger partial charge is 0.197 e. The molecule has 0 saturated heterocycles. The van der Waals surface area contributed by atoms with Crippen LogP contribution in [0.3, 0.4) is 0 Å². The van der Waals surface area contributed by atoms with Crippen molar-refractivity contribution < 1.29 is 17.9 Å². The number of methoxy groups -OCH3 is 2. The van der Waals surface area contributed by atoms with Crippen LogP contribution in [0.15, 0.2) is 108 Å². The van der Waals surface area contributed by atoms with Crippen LogP contribution in [-0.4, -0.2) is 61.7 Å². The molecule has 2 unspecified atom stereocenters. The van der Waals surface area contributed by atoms with Crippen molar-refractivity contribution in [1.82, 2.24) is 39.0 Å². The maximum Gasteiger partial charge on any atom is 0.197 e. The molecule has 2 aromatic carbocycles. The second-order valence-corrected chi connectivity index (χ2v) is 14.9. The summed E-state index contributed by atoms with van der Waals surface area (Å²) in [6.07, 6.45) is 11.2. The van der Waals surface area contributed by atoms with E-state index >= 15 is 0 Å². The summed E-state index contributed by atoms with van der Waals surface area (Å²) in [6.45, 7) is 3.82. The lowest BCUT2D eigenvalue weighted by Crippen LogP contribution is -2.03. The standard InChI is InChI=1S/C38H34N8O4S2/c1-23-31(39-11-9-35(23)49-3)21-51(47)37-41-27-17-25(33(19-29(27)43-37)45-13-5-6-14-45)26-18-28-30(20-34(26)46-15-7-8-16-46)44-38(42-28)52(48)22-32-24(2)36(50-4)10-12-40-32/h5-20H,21-22H2,1-4H3,(H,41,43)(H,42,44). The van der Waals surface area contributed by atoms with E-state index in [1.807, 2.05) is 96.3 Å². The van der Waals surface area contributed by atoms with Gasteiger partial charge in [0.25, 0.3) is 0 Å². The molecule has 262 valence electrons. The number of H-pyrrole nitrogens is 2. The van der Waals surface area contributed by atoms with Crippen molar-refractivity contribution in [3.63, 3.8) is 0 Å². The van der Waals surface area contributed by atoms with Gasteiger partial charge in [-0.15, -0.1) is 0 Å². The Kier molecular flexibility index (Phi) is 8.77. The lowest BCUT2D eigenvalue weighted by molar-refractivity contribution is 0.410. The normalized spacial score (nSPS) is 12.8. The van der Waals surface area contributed by atoms with Crippen LogP contribution in [0, 0.1) is 13.8 Å². The Morgan fingerprint density at radius 1 is 0.635 bits per heavy atom. The second kappa shape index (κ2) is 13.7. The van der Waals surface area contributed by atoms with Crippen LogP contribution >= 0.6 is 0 Å².